The zero-order valence-electron chi connectivity index (χ0n) is 11.1. The highest BCUT2D eigenvalue weighted by Crippen LogP contribution is 2.35. The number of fused-ring (bicyclic) bond motifs is 1. The lowest BCUT2D eigenvalue weighted by atomic mass is 10.1. The van der Waals surface area contributed by atoms with Gasteiger partial charge in [0.2, 0.25) is 0 Å². The molecule has 0 aromatic heterocycles. The number of nitrogens with zero attached hydrogens (tertiary/aromatic N) is 2. The van der Waals surface area contributed by atoms with Gasteiger partial charge in [0, 0.05) is 16.7 Å². The Morgan fingerprint density at radius 1 is 1.05 bits per heavy atom. The summed E-state index contributed by atoms with van der Waals surface area (Å²) < 4.78 is 1.01. The van der Waals surface area contributed by atoms with Crippen LogP contribution < -0.4 is 4.90 Å². The van der Waals surface area contributed by atoms with Crippen LogP contribution >= 0.6 is 15.9 Å². The third-order valence-corrected chi connectivity index (χ3v) is 4.22. The van der Waals surface area contributed by atoms with Crippen LogP contribution in [0.25, 0.3) is 0 Å². The van der Waals surface area contributed by atoms with Crippen molar-refractivity contribution in [3.05, 3.63) is 58.1 Å². The lowest BCUT2D eigenvalue weighted by molar-refractivity contribution is 0.761. The molecule has 1 heterocycles. The SMILES string of the molecule is N#Cc1ccc(Br)cc1N1CCCCc2ccccc21. The number of anilines is 2. The van der Waals surface area contributed by atoms with Crippen LogP contribution in [-0.2, 0) is 6.42 Å². The van der Waals surface area contributed by atoms with E-state index in [1.807, 2.05) is 18.2 Å². The minimum Gasteiger partial charge on any atom is -0.340 e. The van der Waals surface area contributed by atoms with Crippen LogP contribution in [0.5, 0.6) is 0 Å². The molecule has 2 aromatic rings. The number of para-hydroxylation sites is 1. The molecule has 0 spiro atoms. The van der Waals surface area contributed by atoms with Crippen molar-refractivity contribution in [1.82, 2.24) is 0 Å². The molecular formula is C17H15BrN2. The summed E-state index contributed by atoms with van der Waals surface area (Å²) in [4.78, 5) is 2.28. The zero-order valence-corrected chi connectivity index (χ0v) is 12.7. The van der Waals surface area contributed by atoms with Crippen molar-refractivity contribution in [3.8, 4) is 6.07 Å². The maximum Gasteiger partial charge on any atom is 0.101 e. The monoisotopic (exact) mass is 326 g/mol. The number of hydrogen-bond acceptors (Lipinski definition) is 2. The zero-order chi connectivity index (χ0) is 13.9. The molecule has 0 fully saturated rings. The molecule has 2 nitrogen and oxygen atoms in total. The van der Waals surface area contributed by atoms with Gasteiger partial charge in [-0.2, -0.15) is 5.26 Å². The smallest absolute Gasteiger partial charge is 0.101 e. The number of aryl methyl sites for hydroxylation is 1. The van der Waals surface area contributed by atoms with Crippen molar-refractivity contribution >= 4 is 27.3 Å². The molecule has 0 bridgehead atoms. The molecule has 3 heteroatoms. The highest BCUT2D eigenvalue weighted by Gasteiger charge is 2.19. The first kappa shape index (κ1) is 13.2. The Hall–Kier alpha value is -1.79. The second-order valence-electron chi connectivity index (χ2n) is 5.01. The van der Waals surface area contributed by atoms with Gasteiger partial charge >= 0.3 is 0 Å². The molecule has 1 aliphatic heterocycles. The standard InChI is InChI=1S/C17H15BrN2/c18-15-9-8-14(12-19)17(11-15)20-10-4-3-6-13-5-1-2-7-16(13)20/h1-2,5,7-9,11H,3-4,6,10H2. The van der Waals surface area contributed by atoms with Crippen LogP contribution in [0.15, 0.2) is 46.9 Å². The van der Waals surface area contributed by atoms with Crippen molar-refractivity contribution in [2.24, 2.45) is 0 Å². The summed E-state index contributed by atoms with van der Waals surface area (Å²) in [6.07, 6.45) is 3.46. The Morgan fingerprint density at radius 2 is 1.90 bits per heavy atom. The molecule has 0 aliphatic carbocycles. The number of hydrogen-bond donors (Lipinski definition) is 0. The largest absolute Gasteiger partial charge is 0.340 e. The predicted octanol–water partition coefficient (Wildman–Crippen LogP) is 4.80. The van der Waals surface area contributed by atoms with Crippen LogP contribution in [0.1, 0.15) is 24.0 Å². The van der Waals surface area contributed by atoms with Gasteiger partial charge in [-0.25, -0.2) is 0 Å². The van der Waals surface area contributed by atoms with E-state index in [4.69, 9.17) is 0 Å². The van der Waals surface area contributed by atoms with E-state index in [1.165, 1.54) is 17.7 Å². The topological polar surface area (TPSA) is 27.0 Å². The van der Waals surface area contributed by atoms with Crippen molar-refractivity contribution < 1.29 is 0 Å². The van der Waals surface area contributed by atoms with Gasteiger partial charge in [0.15, 0.2) is 0 Å². The van der Waals surface area contributed by atoms with Gasteiger partial charge in [-0.1, -0.05) is 34.1 Å². The number of nitriles is 1. The predicted molar refractivity (Wildman–Crippen MR) is 85.2 cm³/mol. The number of rotatable bonds is 1. The number of halogens is 1. The summed E-state index contributed by atoms with van der Waals surface area (Å²) >= 11 is 3.52. The molecule has 0 radical (unpaired) electrons. The van der Waals surface area contributed by atoms with E-state index in [2.05, 4.69) is 51.2 Å². The summed E-state index contributed by atoms with van der Waals surface area (Å²) in [5.74, 6) is 0. The van der Waals surface area contributed by atoms with Gasteiger partial charge in [-0.3, -0.25) is 0 Å². The molecular weight excluding hydrogens is 312 g/mol. The van der Waals surface area contributed by atoms with E-state index < -0.39 is 0 Å². The van der Waals surface area contributed by atoms with Crippen LogP contribution in [0.2, 0.25) is 0 Å². The first-order valence-electron chi connectivity index (χ1n) is 6.84. The highest BCUT2D eigenvalue weighted by atomic mass is 79.9. The summed E-state index contributed by atoms with van der Waals surface area (Å²) in [7, 11) is 0. The second-order valence-corrected chi connectivity index (χ2v) is 5.93. The van der Waals surface area contributed by atoms with Crippen molar-refractivity contribution in [2.45, 2.75) is 19.3 Å². The molecule has 0 atom stereocenters. The molecule has 0 unspecified atom stereocenters. The molecule has 1 aliphatic rings. The van der Waals surface area contributed by atoms with Crippen molar-refractivity contribution in [3.63, 3.8) is 0 Å². The third kappa shape index (κ3) is 2.44. The average Bonchev–Trinajstić information content (AvgIpc) is 2.69. The first-order chi connectivity index (χ1) is 9.79. The maximum absolute atomic E-state index is 9.37. The Labute approximate surface area is 127 Å². The summed E-state index contributed by atoms with van der Waals surface area (Å²) in [5.41, 5.74) is 4.33. The van der Waals surface area contributed by atoms with Gasteiger partial charge in [0.1, 0.15) is 6.07 Å². The van der Waals surface area contributed by atoms with E-state index in [-0.39, 0.29) is 0 Å². The van der Waals surface area contributed by atoms with Crippen LogP contribution in [0, 0.1) is 11.3 Å². The van der Waals surface area contributed by atoms with Crippen molar-refractivity contribution in [2.75, 3.05) is 11.4 Å². The Balaban J connectivity index is 2.15. The van der Waals surface area contributed by atoms with Gasteiger partial charge in [0.05, 0.1) is 11.3 Å². The Kier molecular flexibility index (Phi) is 3.75. The Morgan fingerprint density at radius 3 is 2.75 bits per heavy atom. The van der Waals surface area contributed by atoms with E-state index >= 15 is 0 Å². The van der Waals surface area contributed by atoms with E-state index in [0.717, 1.165) is 35.1 Å². The van der Waals surface area contributed by atoms with Crippen molar-refractivity contribution in [1.29, 1.82) is 5.26 Å². The molecule has 2 aromatic carbocycles. The van der Waals surface area contributed by atoms with Gasteiger partial charge in [0.25, 0.3) is 0 Å². The molecule has 0 saturated heterocycles. The minimum absolute atomic E-state index is 0.727. The lowest BCUT2D eigenvalue weighted by Gasteiger charge is -2.26. The normalized spacial score (nSPS) is 14.3. The van der Waals surface area contributed by atoms with Gasteiger partial charge < -0.3 is 4.90 Å². The second kappa shape index (κ2) is 5.68. The van der Waals surface area contributed by atoms with Crippen LogP contribution in [-0.4, -0.2) is 6.54 Å². The summed E-state index contributed by atoms with van der Waals surface area (Å²) in [5, 5.41) is 9.37. The van der Waals surface area contributed by atoms with Crippen LogP contribution in [0.3, 0.4) is 0 Å². The van der Waals surface area contributed by atoms with E-state index in [0.29, 0.717) is 0 Å². The third-order valence-electron chi connectivity index (χ3n) is 3.73. The quantitative estimate of drug-likeness (QED) is 0.752. The Bertz CT molecular complexity index is 673. The summed E-state index contributed by atoms with van der Waals surface area (Å²) in [6, 6.07) is 16.7. The molecule has 0 amide bonds. The first-order valence-corrected chi connectivity index (χ1v) is 7.64. The molecule has 20 heavy (non-hydrogen) atoms. The summed E-state index contributed by atoms with van der Waals surface area (Å²) in [6.45, 7) is 0.960. The highest BCUT2D eigenvalue weighted by molar-refractivity contribution is 9.10. The lowest BCUT2D eigenvalue weighted by Crippen LogP contribution is -2.19. The average molecular weight is 327 g/mol. The molecule has 0 saturated carbocycles. The van der Waals surface area contributed by atoms with E-state index in [9.17, 15) is 5.26 Å². The fraction of sp³-hybridized carbons (Fsp3) is 0.235. The maximum atomic E-state index is 9.37. The number of benzene rings is 2. The van der Waals surface area contributed by atoms with Crippen LogP contribution in [0.4, 0.5) is 11.4 Å². The minimum atomic E-state index is 0.727. The molecule has 3 rings (SSSR count). The van der Waals surface area contributed by atoms with E-state index in [1.54, 1.807) is 0 Å². The van der Waals surface area contributed by atoms with Gasteiger partial charge in [-0.15, -0.1) is 0 Å². The molecule has 100 valence electrons. The van der Waals surface area contributed by atoms with Gasteiger partial charge in [-0.05, 0) is 49.1 Å². The molecule has 0 N–H and O–H groups in total. The fourth-order valence-electron chi connectivity index (χ4n) is 2.76. The fourth-order valence-corrected chi connectivity index (χ4v) is 3.11.